The average molecular weight is 670 g/mol. The molecule has 2 aliphatic rings. The Hall–Kier alpha value is -4.50. The Morgan fingerprint density at radius 2 is 1.42 bits per heavy atom. The van der Waals surface area contributed by atoms with Gasteiger partial charge >= 0.3 is 0 Å². The molecule has 2 aliphatic heterocycles. The summed E-state index contributed by atoms with van der Waals surface area (Å²) in [6.45, 7) is 5.60. The van der Waals surface area contributed by atoms with Gasteiger partial charge in [-0.05, 0) is 29.3 Å². The standard InChI is InChI=1S/C34H32F5N5O4/c1-19-24(17-43-13-15-44(16-14-43)34-40-11-2-12-41-34)47-33(48-31(19)21-5-3-20(18-45)4-6-21)22-7-9-23(10-8-22)42-32(46)25-26(35)28(37)30(39)29(38)27(25)36/h2-12,19,24,31,33,45H,13-18H2,1H3,(H,42,46)/t19-,24+,31+,33+/m0/s1. The van der Waals surface area contributed by atoms with Crippen LogP contribution in [0.3, 0.4) is 0 Å². The van der Waals surface area contributed by atoms with E-state index in [1.165, 1.54) is 12.1 Å². The molecule has 2 fully saturated rings. The van der Waals surface area contributed by atoms with Gasteiger partial charge in [0.15, 0.2) is 29.6 Å². The number of aromatic nitrogens is 2. The third-order valence-corrected chi connectivity index (χ3v) is 8.65. The zero-order valence-corrected chi connectivity index (χ0v) is 25.8. The van der Waals surface area contributed by atoms with Gasteiger partial charge in [-0.25, -0.2) is 31.9 Å². The number of aliphatic hydroxyl groups is 1. The molecule has 0 saturated carbocycles. The first kappa shape index (κ1) is 33.4. The topological polar surface area (TPSA) is 100 Å². The van der Waals surface area contributed by atoms with Gasteiger partial charge < -0.3 is 24.8 Å². The quantitative estimate of drug-likeness (QED) is 0.144. The summed E-state index contributed by atoms with van der Waals surface area (Å²) >= 11 is 0. The molecular weight excluding hydrogens is 637 g/mol. The highest BCUT2D eigenvalue weighted by molar-refractivity contribution is 6.04. The fraction of sp³-hybridized carbons (Fsp3) is 0.324. The van der Waals surface area contributed by atoms with E-state index in [4.69, 9.17) is 9.47 Å². The molecule has 2 N–H and O–H groups in total. The number of benzene rings is 3. The Kier molecular flexibility index (Phi) is 9.96. The number of amides is 1. The smallest absolute Gasteiger partial charge is 0.261 e. The van der Waals surface area contributed by atoms with Crippen molar-refractivity contribution in [3.05, 3.63) is 118 Å². The number of anilines is 2. The minimum absolute atomic E-state index is 0.0461. The fourth-order valence-corrected chi connectivity index (χ4v) is 5.89. The van der Waals surface area contributed by atoms with Crippen molar-refractivity contribution in [2.45, 2.75) is 32.0 Å². The van der Waals surface area contributed by atoms with Crippen molar-refractivity contribution in [1.29, 1.82) is 0 Å². The summed E-state index contributed by atoms with van der Waals surface area (Å²) in [4.78, 5) is 25.7. The predicted molar refractivity (Wildman–Crippen MR) is 164 cm³/mol. The number of nitrogens with zero attached hydrogens (tertiary/aromatic N) is 4. The maximum atomic E-state index is 14.2. The molecule has 0 radical (unpaired) electrons. The largest absolute Gasteiger partial charge is 0.392 e. The van der Waals surface area contributed by atoms with Gasteiger partial charge in [-0.15, -0.1) is 0 Å². The number of ether oxygens (including phenoxy) is 2. The molecule has 3 aromatic carbocycles. The van der Waals surface area contributed by atoms with Crippen LogP contribution in [0.15, 0.2) is 67.0 Å². The monoisotopic (exact) mass is 669 g/mol. The Morgan fingerprint density at radius 1 is 0.833 bits per heavy atom. The molecule has 0 aliphatic carbocycles. The second-order valence-electron chi connectivity index (χ2n) is 11.7. The van der Waals surface area contributed by atoms with Gasteiger partial charge in [0, 0.05) is 62.3 Å². The van der Waals surface area contributed by atoms with E-state index >= 15 is 0 Å². The molecule has 0 spiro atoms. The number of carbonyl (C=O) groups excluding carboxylic acids is 1. The zero-order chi connectivity index (χ0) is 33.9. The summed E-state index contributed by atoms with van der Waals surface area (Å²) in [5.41, 5.74) is 0.693. The van der Waals surface area contributed by atoms with Crippen molar-refractivity contribution in [3.63, 3.8) is 0 Å². The third-order valence-electron chi connectivity index (χ3n) is 8.65. The lowest BCUT2D eigenvalue weighted by atomic mass is 9.90. The Balaban J connectivity index is 1.19. The summed E-state index contributed by atoms with van der Waals surface area (Å²) in [5.74, 6) is -12.1. The van der Waals surface area contributed by atoms with Gasteiger partial charge in [-0.1, -0.05) is 43.3 Å². The number of aliphatic hydroxyl groups excluding tert-OH is 1. The molecule has 0 unspecified atom stereocenters. The Labute approximate surface area is 272 Å². The van der Waals surface area contributed by atoms with Gasteiger partial charge in [-0.3, -0.25) is 9.69 Å². The molecule has 0 bridgehead atoms. The maximum absolute atomic E-state index is 14.2. The van der Waals surface area contributed by atoms with Gasteiger partial charge in [0.05, 0.1) is 18.8 Å². The molecule has 3 heterocycles. The van der Waals surface area contributed by atoms with Gasteiger partial charge in [0.25, 0.3) is 5.91 Å². The van der Waals surface area contributed by atoms with Crippen LogP contribution < -0.4 is 10.2 Å². The fourth-order valence-electron chi connectivity index (χ4n) is 5.89. The van der Waals surface area contributed by atoms with Crippen molar-refractivity contribution in [2.75, 3.05) is 42.9 Å². The highest BCUT2D eigenvalue weighted by Crippen LogP contribution is 2.42. The highest BCUT2D eigenvalue weighted by atomic mass is 19.2. The molecular formula is C34H32F5N5O4. The number of hydrogen-bond donors (Lipinski definition) is 2. The average Bonchev–Trinajstić information content (AvgIpc) is 3.12. The summed E-state index contributed by atoms with van der Waals surface area (Å²) in [6.07, 6.45) is 1.95. The summed E-state index contributed by atoms with van der Waals surface area (Å²) in [7, 11) is 0. The predicted octanol–water partition coefficient (Wildman–Crippen LogP) is 5.53. The zero-order valence-electron chi connectivity index (χ0n) is 25.8. The number of nitrogens with one attached hydrogen (secondary N) is 1. The van der Waals surface area contributed by atoms with Crippen molar-refractivity contribution >= 4 is 17.5 Å². The third kappa shape index (κ3) is 6.88. The number of halogens is 5. The van der Waals surface area contributed by atoms with Crippen molar-refractivity contribution in [2.24, 2.45) is 5.92 Å². The number of hydrogen-bond acceptors (Lipinski definition) is 8. The molecule has 1 aromatic heterocycles. The molecule has 48 heavy (non-hydrogen) atoms. The van der Waals surface area contributed by atoms with E-state index in [-0.39, 0.29) is 30.4 Å². The first-order valence-corrected chi connectivity index (χ1v) is 15.3. The lowest BCUT2D eigenvalue weighted by Crippen LogP contribution is -2.51. The van der Waals surface area contributed by atoms with Crippen LogP contribution >= 0.6 is 0 Å². The maximum Gasteiger partial charge on any atom is 0.261 e. The lowest BCUT2D eigenvalue weighted by molar-refractivity contribution is -0.276. The second kappa shape index (κ2) is 14.3. The number of piperazine rings is 1. The SMILES string of the molecule is C[C@H]1[C@@H](CN2CCN(c3ncccn3)CC2)O[C@@H](c2ccc(NC(=O)c3c(F)c(F)c(F)c(F)c3F)cc2)O[C@H]1c1ccc(CO)cc1. The van der Waals surface area contributed by atoms with Crippen molar-refractivity contribution < 1.29 is 41.3 Å². The first-order valence-electron chi connectivity index (χ1n) is 15.3. The molecule has 2 saturated heterocycles. The van der Waals surface area contributed by atoms with Crippen LogP contribution in [0.4, 0.5) is 33.6 Å². The minimum Gasteiger partial charge on any atom is -0.392 e. The molecule has 14 heteroatoms. The van der Waals surface area contributed by atoms with Crippen molar-refractivity contribution in [1.82, 2.24) is 14.9 Å². The minimum atomic E-state index is -2.35. The van der Waals surface area contributed by atoms with E-state index in [0.29, 0.717) is 18.1 Å². The highest BCUT2D eigenvalue weighted by Gasteiger charge is 2.39. The molecule has 1 amide bonds. The Morgan fingerprint density at radius 3 is 2.02 bits per heavy atom. The lowest BCUT2D eigenvalue weighted by Gasteiger charge is -2.44. The van der Waals surface area contributed by atoms with Crippen LogP contribution in [0.5, 0.6) is 0 Å². The van der Waals surface area contributed by atoms with E-state index in [0.717, 1.165) is 37.3 Å². The molecule has 9 nitrogen and oxygen atoms in total. The summed E-state index contributed by atoms with van der Waals surface area (Å²) in [6, 6.07) is 15.2. The molecule has 6 rings (SSSR count). The number of rotatable bonds is 8. The van der Waals surface area contributed by atoms with E-state index in [1.807, 2.05) is 24.3 Å². The van der Waals surface area contributed by atoms with E-state index in [2.05, 4.69) is 32.0 Å². The van der Waals surface area contributed by atoms with E-state index in [1.54, 1.807) is 30.6 Å². The van der Waals surface area contributed by atoms with Crippen LogP contribution in [0.1, 0.15) is 46.4 Å². The van der Waals surface area contributed by atoms with Gasteiger partial charge in [0.2, 0.25) is 11.8 Å². The van der Waals surface area contributed by atoms with Crippen LogP contribution in [0.25, 0.3) is 0 Å². The van der Waals surface area contributed by atoms with Gasteiger partial charge in [-0.2, -0.15) is 0 Å². The van der Waals surface area contributed by atoms with E-state index < -0.39 is 46.8 Å². The van der Waals surface area contributed by atoms with Crippen LogP contribution in [-0.2, 0) is 16.1 Å². The first-order chi connectivity index (χ1) is 23.1. The summed E-state index contributed by atoms with van der Waals surface area (Å²) in [5, 5.41) is 11.7. The van der Waals surface area contributed by atoms with Crippen LogP contribution in [0, 0.1) is 35.0 Å². The number of carbonyl (C=O) groups is 1. The van der Waals surface area contributed by atoms with Crippen LogP contribution in [-0.4, -0.2) is 64.7 Å². The normalized spacial score (nSPS) is 21.7. The van der Waals surface area contributed by atoms with Gasteiger partial charge in [0.1, 0.15) is 5.56 Å². The van der Waals surface area contributed by atoms with Crippen LogP contribution in [0.2, 0.25) is 0 Å². The molecule has 4 atom stereocenters. The van der Waals surface area contributed by atoms with Crippen molar-refractivity contribution in [3.8, 4) is 0 Å². The second-order valence-corrected chi connectivity index (χ2v) is 11.7. The summed E-state index contributed by atoms with van der Waals surface area (Å²) < 4.78 is 82.1. The molecule has 252 valence electrons. The van der Waals surface area contributed by atoms with E-state index in [9.17, 15) is 31.9 Å². The Bertz CT molecular complexity index is 1710. The molecule has 4 aromatic rings.